The number of carbonyl (C=O) groups is 2. The summed E-state index contributed by atoms with van der Waals surface area (Å²) in [6.07, 6.45) is 3.22. The number of hydrogen-bond donors (Lipinski definition) is 0. The van der Waals surface area contributed by atoms with Gasteiger partial charge in [0.15, 0.2) is 0 Å². The van der Waals surface area contributed by atoms with E-state index in [-0.39, 0.29) is 24.1 Å². The third-order valence-corrected chi connectivity index (χ3v) is 5.11. The first kappa shape index (κ1) is 16.1. The Kier molecular flexibility index (Phi) is 3.61. The maximum absolute atomic E-state index is 13.1. The Morgan fingerprint density at radius 3 is 2.68 bits per heavy atom. The smallest absolute Gasteiger partial charge is 0.313 e. The van der Waals surface area contributed by atoms with E-state index >= 15 is 0 Å². The minimum Gasteiger partial charge on any atom is -0.497 e. The second-order valence-corrected chi connectivity index (χ2v) is 7.01. The van der Waals surface area contributed by atoms with Gasteiger partial charge in [-0.15, -0.1) is 0 Å². The van der Waals surface area contributed by atoms with Crippen LogP contribution in [0.5, 0.6) is 5.75 Å². The third kappa shape index (κ3) is 2.35. The van der Waals surface area contributed by atoms with Gasteiger partial charge >= 0.3 is 5.97 Å². The summed E-state index contributed by atoms with van der Waals surface area (Å²) in [5, 5.41) is 0. The molecule has 0 aliphatic carbocycles. The van der Waals surface area contributed by atoms with Crippen LogP contribution in [0.4, 0.5) is 5.69 Å². The van der Waals surface area contributed by atoms with Gasteiger partial charge < -0.3 is 19.1 Å². The number of carbonyl (C=O) groups excluding carboxylic acids is 2. The summed E-state index contributed by atoms with van der Waals surface area (Å²) in [6, 6.07) is 7.30. The Morgan fingerprint density at radius 2 is 2.04 bits per heavy atom. The van der Waals surface area contributed by atoms with Crippen LogP contribution in [0.1, 0.15) is 13.8 Å². The van der Waals surface area contributed by atoms with E-state index in [9.17, 15) is 9.59 Å². The quantitative estimate of drug-likeness (QED) is 0.617. The van der Waals surface area contributed by atoms with Crippen molar-refractivity contribution in [1.82, 2.24) is 0 Å². The van der Waals surface area contributed by atoms with Crippen molar-refractivity contribution in [3.8, 4) is 5.75 Å². The number of ether oxygens (including phenoxy) is 3. The molecule has 1 aromatic carbocycles. The van der Waals surface area contributed by atoms with Crippen LogP contribution in [0.15, 0.2) is 36.4 Å². The fourth-order valence-electron chi connectivity index (χ4n) is 4.06. The summed E-state index contributed by atoms with van der Waals surface area (Å²) in [7, 11) is 1.60. The van der Waals surface area contributed by atoms with Crippen molar-refractivity contribution in [2.75, 3.05) is 18.6 Å². The molecule has 6 nitrogen and oxygen atoms in total. The molecule has 1 spiro atoms. The van der Waals surface area contributed by atoms with Crippen molar-refractivity contribution in [2.45, 2.75) is 31.7 Å². The predicted octanol–water partition coefficient (Wildman–Crippen LogP) is 1.93. The van der Waals surface area contributed by atoms with Crippen LogP contribution in [0.25, 0.3) is 0 Å². The maximum atomic E-state index is 13.1. The Morgan fingerprint density at radius 1 is 1.32 bits per heavy atom. The highest BCUT2D eigenvalue weighted by atomic mass is 16.6. The molecule has 0 radical (unpaired) electrons. The maximum Gasteiger partial charge on any atom is 0.313 e. The van der Waals surface area contributed by atoms with E-state index in [1.165, 1.54) is 0 Å². The van der Waals surface area contributed by atoms with Crippen LogP contribution in [0.3, 0.4) is 0 Å². The summed E-state index contributed by atoms with van der Waals surface area (Å²) in [6.45, 7) is 4.01. The Bertz CT molecular complexity index is 741. The first-order valence-corrected chi connectivity index (χ1v) is 8.48. The number of anilines is 1. The number of hydrogen-bond acceptors (Lipinski definition) is 5. The molecule has 3 aliphatic rings. The molecular weight excluding hydrogens is 322 g/mol. The summed E-state index contributed by atoms with van der Waals surface area (Å²) < 4.78 is 16.6. The van der Waals surface area contributed by atoms with E-state index in [4.69, 9.17) is 14.2 Å². The number of fused-ring (bicyclic) bond motifs is 1. The molecule has 132 valence electrons. The Balaban J connectivity index is 1.64. The molecule has 3 heterocycles. The average molecular weight is 343 g/mol. The monoisotopic (exact) mass is 343 g/mol. The normalized spacial score (nSPS) is 32.4. The lowest BCUT2D eigenvalue weighted by molar-refractivity contribution is -0.156. The standard InChI is InChI=1S/C19H21NO5/c1-11(2)24-18(22)15-14-8-9-19(25-14)10-20(17(21)16(15)19)12-4-6-13(23-3)7-5-12/h4-9,11,14-16H,10H2,1-3H3/t14-,15-,16-,19-/m1/s1. The molecule has 1 aromatic rings. The van der Waals surface area contributed by atoms with Crippen LogP contribution in [0.2, 0.25) is 0 Å². The van der Waals surface area contributed by atoms with Crippen molar-refractivity contribution >= 4 is 17.6 Å². The molecular formula is C19H21NO5. The van der Waals surface area contributed by atoms with E-state index in [0.717, 1.165) is 11.4 Å². The summed E-state index contributed by atoms with van der Waals surface area (Å²) in [5.74, 6) is -0.841. The first-order chi connectivity index (χ1) is 11.9. The zero-order valence-electron chi connectivity index (χ0n) is 14.5. The van der Waals surface area contributed by atoms with Crippen LogP contribution >= 0.6 is 0 Å². The number of rotatable bonds is 4. The van der Waals surface area contributed by atoms with Gasteiger partial charge in [0, 0.05) is 5.69 Å². The summed E-state index contributed by atoms with van der Waals surface area (Å²) >= 11 is 0. The fraction of sp³-hybridized carbons (Fsp3) is 0.474. The Hall–Kier alpha value is -2.34. The predicted molar refractivity (Wildman–Crippen MR) is 90.3 cm³/mol. The topological polar surface area (TPSA) is 65.1 Å². The minimum absolute atomic E-state index is 0.0947. The van der Waals surface area contributed by atoms with Crippen LogP contribution < -0.4 is 9.64 Å². The first-order valence-electron chi connectivity index (χ1n) is 8.48. The van der Waals surface area contributed by atoms with Crippen LogP contribution in [-0.4, -0.2) is 43.3 Å². The van der Waals surface area contributed by atoms with Crippen LogP contribution in [-0.2, 0) is 19.1 Å². The lowest BCUT2D eigenvalue weighted by Gasteiger charge is -2.23. The van der Waals surface area contributed by atoms with Crippen molar-refractivity contribution < 1.29 is 23.8 Å². The number of benzene rings is 1. The molecule has 25 heavy (non-hydrogen) atoms. The molecule has 0 N–H and O–H groups in total. The molecule has 6 heteroatoms. The highest BCUT2D eigenvalue weighted by Gasteiger charge is 2.67. The van der Waals surface area contributed by atoms with E-state index in [0.29, 0.717) is 6.54 Å². The van der Waals surface area contributed by atoms with Gasteiger partial charge in [0.05, 0.1) is 31.8 Å². The highest BCUT2D eigenvalue weighted by Crippen LogP contribution is 2.53. The van der Waals surface area contributed by atoms with Gasteiger partial charge in [-0.2, -0.15) is 0 Å². The van der Waals surface area contributed by atoms with E-state index in [1.54, 1.807) is 25.9 Å². The second kappa shape index (κ2) is 5.59. The Labute approximate surface area is 146 Å². The average Bonchev–Trinajstić information content (AvgIpc) is 3.22. The molecule has 1 amide bonds. The number of amides is 1. The van der Waals surface area contributed by atoms with Crippen molar-refractivity contribution in [3.05, 3.63) is 36.4 Å². The zero-order chi connectivity index (χ0) is 17.8. The summed E-state index contributed by atoms with van der Waals surface area (Å²) in [4.78, 5) is 27.3. The van der Waals surface area contributed by atoms with Crippen molar-refractivity contribution in [1.29, 1.82) is 0 Å². The molecule has 0 aromatic heterocycles. The van der Waals surface area contributed by atoms with Gasteiger partial charge in [-0.3, -0.25) is 9.59 Å². The number of esters is 1. The molecule has 0 unspecified atom stereocenters. The molecule has 3 aliphatic heterocycles. The second-order valence-electron chi connectivity index (χ2n) is 7.01. The lowest BCUT2D eigenvalue weighted by Crippen LogP contribution is -2.40. The van der Waals surface area contributed by atoms with Gasteiger partial charge in [0.25, 0.3) is 0 Å². The van der Waals surface area contributed by atoms with Crippen molar-refractivity contribution in [3.63, 3.8) is 0 Å². The zero-order valence-corrected chi connectivity index (χ0v) is 14.5. The minimum atomic E-state index is -0.734. The number of methoxy groups -OCH3 is 1. The third-order valence-electron chi connectivity index (χ3n) is 5.11. The van der Waals surface area contributed by atoms with Gasteiger partial charge in [0.1, 0.15) is 17.3 Å². The molecule has 0 saturated carbocycles. The molecule has 2 fully saturated rings. The van der Waals surface area contributed by atoms with Gasteiger partial charge in [0.2, 0.25) is 5.91 Å². The van der Waals surface area contributed by atoms with E-state index < -0.39 is 17.4 Å². The summed E-state index contributed by atoms with van der Waals surface area (Å²) in [5.41, 5.74) is 0.0357. The van der Waals surface area contributed by atoms with E-state index in [2.05, 4.69) is 0 Å². The molecule has 2 bridgehead atoms. The van der Waals surface area contributed by atoms with Gasteiger partial charge in [-0.05, 0) is 38.1 Å². The van der Waals surface area contributed by atoms with Gasteiger partial charge in [-0.1, -0.05) is 12.2 Å². The molecule has 2 saturated heterocycles. The SMILES string of the molecule is COc1ccc(N2C[C@@]34C=C[C@@H](O3)[C@@H](C(=O)OC(C)C)[C@@H]4C2=O)cc1. The van der Waals surface area contributed by atoms with E-state index in [1.807, 2.05) is 36.4 Å². The number of nitrogens with zero attached hydrogens (tertiary/aromatic N) is 1. The lowest BCUT2D eigenvalue weighted by atomic mass is 9.77. The van der Waals surface area contributed by atoms with Crippen LogP contribution in [0, 0.1) is 11.8 Å². The van der Waals surface area contributed by atoms with Gasteiger partial charge in [-0.25, -0.2) is 0 Å². The molecule has 4 rings (SSSR count). The fourth-order valence-corrected chi connectivity index (χ4v) is 4.06. The van der Waals surface area contributed by atoms with Crippen molar-refractivity contribution in [2.24, 2.45) is 11.8 Å². The highest BCUT2D eigenvalue weighted by molar-refractivity contribution is 6.02. The molecule has 4 atom stereocenters. The largest absolute Gasteiger partial charge is 0.497 e.